The average molecular weight is 231 g/mol. The van der Waals surface area contributed by atoms with Crippen LogP contribution < -0.4 is 5.32 Å². The van der Waals surface area contributed by atoms with E-state index in [4.69, 9.17) is 14.6 Å². The molecule has 0 saturated carbocycles. The summed E-state index contributed by atoms with van der Waals surface area (Å²) in [4.78, 5) is 11.4. The first-order valence-electron chi connectivity index (χ1n) is 5.62. The van der Waals surface area contributed by atoms with Crippen molar-refractivity contribution in [2.45, 2.75) is 51.4 Å². The number of hydrogen-bond acceptors (Lipinski definition) is 4. The van der Waals surface area contributed by atoms with E-state index < -0.39 is 11.7 Å². The van der Waals surface area contributed by atoms with E-state index in [0.29, 0.717) is 12.5 Å². The van der Waals surface area contributed by atoms with Crippen molar-refractivity contribution in [3.63, 3.8) is 0 Å². The summed E-state index contributed by atoms with van der Waals surface area (Å²) in [6.45, 7) is 6.13. The zero-order valence-electron chi connectivity index (χ0n) is 10.2. The molecule has 1 saturated heterocycles. The van der Waals surface area contributed by atoms with Crippen molar-refractivity contribution >= 4 is 6.09 Å². The monoisotopic (exact) mass is 231 g/mol. The number of amides is 1. The van der Waals surface area contributed by atoms with Crippen LogP contribution in [0.2, 0.25) is 0 Å². The predicted molar refractivity (Wildman–Crippen MR) is 59.2 cm³/mol. The molecule has 1 heterocycles. The van der Waals surface area contributed by atoms with Gasteiger partial charge in [0, 0.05) is 0 Å². The van der Waals surface area contributed by atoms with E-state index in [9.17, 15) is 4.79 Å². The molecular weight excluding hydrogens is 210 g/mol. The number of aliphatic hydroxyl groups excluding tert-OH is 1. The van der Waals surface area contributed by atoms with Crippen molar-refractivity contribution in [1.29, 1.82) is 0 Å². The number of hydrogen-bond donors (Lipinski definition) is 2. The molecule has 0 bridgehead atoms. The molecule has 1 amide bonds. The number of carbonyl (C=O) groups is 1. The lowest BCUT2D eigenvalue weighted by Crippen LogP contribution is -2.41. The van der Waals surface area contributed by atoms with Crippen LogP contribution in [0.15, 0.2) is 0 Å². The molecule has 0 aromatic heterocycles. The Morgan fingerprint density at radius 1 is 1.62 bits per heavy atom. The third kappa shape index (κ3) is 5.92. The quantitative estimate of drug-likeness (QED) is 0.694. The molecule has 5 nitrogen and oxygen atoms in total. The summed E-state index contributed by atoms with van der Waals surface area (Å²) >= 11 is 0. The molecule has 1 aliphatic rings. The number of alkyl carbamates (subject to hydrolysis) is 1. The third-order valence-electron chi connectivity index (χ3n) is 2.18. The Kier molecular flexibility index (Phi) is 4.56. The lowest BCUT2D eigenvalue weighted by atomic mass is 10.1. The van der Waals surface area contributed by atoms with Crippen LogP contribution in [0.3, 0.4) is 0 Å². The molecular formula is C11H21NO4. The molecule has 0 radical (unpaired) electrons. The first kappa shape index (κ1) is 13.3. The number of rotatable bonds is 5. The van der Waals surface area contributed by atoms with Crippen molar-refractivity contribution in [3.05, 3.63) is 0 Å². The van der Waals surface area contributed by atoms with Crippen LogP contribution in [-0.2, 0) is 9.47 Å². The molecule has 2 atom stereocenters. The van der Waals surface area contributed by atoms with Gasteiger partial charge in [-0.2, -0.15) is 0 Å². The topological polar surface area (TPSA) is 71.1 Å². The lowest BCUT2D eigenvalue weighted by Gasteiger charge is -2.22. The molecule has 2 unspecified atom stereocenters. The summed E-state index contributed by atoms with van der Waals surface area (Å²) < 4.78 is 10.2. The Hall–Kier alpha value is -0.810. The second-order valence-corrected chi connectivity index (χ2v) is 5.06. The zero-order chi connectivity index (χ0) is 12.2. The summed E-state index contributed by atoms with van der Waals surface area (Å²) in [5.41, 5.74) is -0.510. The summed E-state index contributed by atoms with van der Waals surface area (Å²) in [6, 6.07) is -0.251. The molecule has 1 aliphatic heterocycles. The van der Waals surface area contributed by atoms with Gasteiger partial charge in [-0.05, 0) is 33.6 Å². The van der Waals surface area contributed by atoms with E-state index in [1.807, 2.05) is 0 Å². The molecule has 5 heteroatoms. The van der Waals surface area contributed by atoms with Gasteiger partial charge >= 0.3 is 6.09 Å². The largest absolute Gasteiger partial charge is 0.444 e. The standard InChI is InChI=1S/C11H21NO4/c1-11(2,3)16-10(14)12-8(6-13)4-5-9-7-15-9/h8-9,13H,4-7H2,1-3H3,(H,12,14). The second-order valence-electron chi connectivity index (χ2n) is 5.06. The number of aliphatic hydroxyl groups is 1. The van der Waals surface area contributed by atoms with Crippen LogP contribution in [0.1, 0.15) is 33.6 Å². The first-order valence-corrected chi connectivity index (χ1v) is 5.62. The maximum atomic E-state index is 11.4. The Morgan fingerprint density at radius 2 is 2.25 bits per heavy atom. The van der Waals surface area contributed by atoms with E-state index in [1.54, 1.807) is 20.8 Å². The smallest absolute Gasteiger partial charge is 0.407 e. The molecule has 2 N–H and O–H groups in total. The Balaban J connectivity index is 2.22. The number of epoxide rings is 1. The Bertz CT molecular complexity index is 233. The molecule has 16 heavy (non-hydrogen) atoms. The molecule has 0 aliphatic carbocycles. The average Bonchev–Trinajstić information content (AvgIpc) is 2.92. The normalized spacial score (nSPS) is 21.4. The van der Waals surface area contributed by atoms with Gasteiger partial charge in [-0.1, -0.05) is 0 Å². The fraction of sp³-hybridized carbons (Fsp3) is 0.909. The van der Waals surface area contributed by atoms with Crippen LogP contribution in [0, 0.1) is 0 Å². The highest BCUT2D eigenvalue weighted by molar-refractivity contribution is 5.68. The maximum Gasteiger partial charge on any atom is 0.407 e. The lowest BCUT2D eigenvalue weighted by molar-refractivity contribution is 0.0477. The Labute approximate surface area is 96.1 Å². The van der Waals surface area contributed by atoms with Crippen LogP contribution in [-0.4, -0.2) is 42.2 Å². The van der Waals surface area contributed by atoms with Crippen molar-refractivity contribution in [3.8, 4) is 0 Å². The minimum absolute atomic E-state index is 0.0774. The molecule has 94 valence electrons. The van der Waals surface area contributed by atoms with Crippen molar-refractivity contribution in [2.75, 3.05) is 13.2 Å². The second kappa shape index (κ2) is 5.50. The summed E-state index contributed by atoms with van der Waals surface area (Å²) in [5.74, 6) is 0. The van der Waals surface area contributed by atoms with E-state index in [1.165, 1.54) is 0 Å². The zero-order valence-corrected chi connectivity index (χ0v) is 10.2. The molecule has 1 rings (SSSR count). The third-order valence-corrected chi connectivity index (χ3v) is 2.18. The molecule has 0 aromatic rings. The number of nitrogens with one attached hydrogen (secondary N) is 1. The van der Waals surface area contributed by atoms with Gasteiger partial charge in [-0.3, -0.25) is 0 Å². The maximum absolute atomic E-state index is 11.4. The highest BCUT2D eigenvalue weighted by Crippen LogP contribution is 2.16. The first-order chi connectivity index (χ1) is 7.40. The van der Waals surface area contributed by atoms with Gasteiger partial charge in [0.2, 0.25) is 0 Å². The number of ether oxygens (including phenoxy) is 2. The highest BCUT2D eigenvalue weighted by Gasteiger charge is 2.25. The van der Waals surface area contributed by atoms with Crippen LogP contribution in [0.5, 0.6) is 0 Å². The summed E-state index contributed by atoms with van der Waals surface area (Å²) in [5, 5.41) is 11.7. The fourth-order valence-electron chi connectivity index (χ4n) is 1.31. The van der Waals surface area contributed by atoms with E-state index >= 15 is 0 Å². The van der Waals surface area contributed by atoms with Gasteiger partial charge in [-0.15, -0.1) is 0 Å². The SMILES string of the molecule is CC(C)(C)OC(=O)NC(CO)CCC1CO1. The fourth-order valence-corrected chi connectivity index (χ4v) is 1.31. The van der Waals surface area contributed by atoms with Gasteiger partial charge in [0.1, 0.15) is 5.60 Å². The van der Waals surface area contributed by atoms with Crippen LogP contribution >= 0.6 is 0 Å². The molecule has 0 spiro atoms. The van der Waals surface area contributed by atoms with Gasteiger partial charge < -0.3 is 19.9 Å². The predicted octanol–water partition coefficient (Wildman–Crippen LogP) is 1.05. The van der Waals surface area contributed by atoms with Gasteiger partial charge in [-0.25, -0.2) is 4.79 Å². The van der Waals surface area contributed by atoms with E-state index in [-0.39, 0.29) is 12.6 Å². The van der Waals surface area contributed by atoms with Gasteiger partial charge in [0.05, 0.1) is 25.4 Å². The molecule has 1 fully saturated rings. The minimum atomic E-state index is -0.510. The number of carbonyl (C=O) groups excluding carboxylic acids is 1. The van der Waals surface area contributed by atoms with E-state index in [2.05, 4.69) is 5.32 Å². The minimum Gasteiger partial charge on any atom is -0.444 e. The van der Waals surface area contributed by atoms with E-state index in [0.717, 1.165) is 13.0 Å². The Morgan fingerprint density at radius 3 is 2.69 bits per heavy atom. The van der Waals surface area contributed by atoms with Gasteiger partial charge in [0.25, 0.3) is 0 Å². The summed E-state index contributed by atoms with van der Waals surface area (Å²) in [7, 11) is 0. The highest BCUT2D eigenvalue weighted by atomic mass is 16.6. The molecule has 0 aromatic carbocycles. The van der Waals surface area contributed by atoms with Crippen molar-refractivity contribution < 1.29 is 19.4 Å². The van der Waals surface area contributed by atoms with Crippen LogP contribution in [0.25, 0.3) is 0 Å². The van der Waals surface area contributed by atoms with Crippen LogP contribution in [0.4, 0.5) is 4.79 Å². The summed E-state index contributed by atoms with van der Waals surface area (Å²) in [6.07, 6.45) is 1.40. The van der Waals surface area contributed by atoms with Gasteiger partial charge in [0.15, 0.2) is 0 Å². The van der Waals surface area contributed by atoms with Crippen molar-refractivity contribution in [1.82, 2.24) is 5.32 Å². The van der Waals surface area contributed by atoms with Crippen molar-refractivity contribution in [2.24, 2.45) is 0 Å².